The number of hydrogen-bond acceptors (Lipinski definition) is 3. The van der Waals surface area contributed by atoms with Crippen molar-refractivity contribution >= 4 is 0 Å². The molecule has 0 aromatic heterocycles. The van der Waals surface area contributed by atoms with Gasteiger partial charge in [0.05, 0.1) is 12.7 Å². The molecule has 2 rings (SSSR count). The van der Waals surface area contributed by atoms with Gasteiger partial charge in [-0.05, 0) is 24.8 Å². The molecular weight excluding hydrogens is 259 g/mol. The van der Waals surface area contributed by atoms with Crippen LogP contribution in [0.3, 0.4) is 0 Å². The lowest BCUT2D eigenvalue weighted by molar-refractivity contribution is -0.135. The van der Waals surface area contributed by atoms with Gasteiger partial charge in [-0.3, -0.25) is 0 Å². The van der Waals surface area contributed by atoms with E-state index < -0.39 is 17.5 Å². The molecule has 0 saturated heterocycles. The van der Waals surface area contributed by atoms with Crippen LogP contribution in [-0.2, 0) is 4.74 Å². The maximum Gasteiger partial charge on any atom is 0.170 e. The number of aliphatic hydroxyl groups is 1. The van der Waals surface area contributed by atoms with Crippen molar-refractivity contribution in [3.63, 3.8) is 0 Å². The number of ether oxygens (including phenoxy) is 2. The summed E-state index contributed by atoms with van der Waals surface area (Å²) < 4.78 is 25.0. The molecule has 1 N–H and O–H groups in total. The number of hydrogen-bond donors (Lipinski definition) is 1. The van der Waals surface area contributed by atoms with Gasteiger partial charge < -0.3 is 14.6 Å². The van der Waals surface area contributed by atoms with E-state index in [-0.39, 0.29) is 11.3 Å². The summed E-state index contributed by atoms with van der Waals surface area (Å²) in [5, 5.41) is 10.7. The van der Waals surface area contributed by atoms with Gasteiger partial charge in [-0.25, -0.2) is 4.39 Å². The van der Waals surface area contributed by atoms with E-state index in [2.05, 4.69) is 6.92 Å². The van der Waals surface area contributed by atoms with Gasteiger partial charge >= 0.3 is 0 Å². The molecule has 1 aliphatic rings. The molecule has 0 amide bonds. The summed E-state index contributed by atoms with van der Waals surface area (Å²) in [5.41, 5.74) is -0.453. The molecule has 20 heavy (non-hydrogen) atoms. The van der Waals surface area contributed by atoms with Crippen molar-refractivity contribution in [3.8, 4) is 5.75 Å². The lowest BCUT2D eigenvalue weighted by atomic mass is 9.74. The first-order valence-corrected chi connectivity index (χ1v) is 7.09. The highest BCUT2D eigenvalue weighted by Gasteiger charge is 2.43. The molecule has 3 atom stereocenters. The fourth-order valence-corrected chi connectivity index (χ4v) is 3.27. The minimum atomic E-state index is -0.981. The summed E-state index contributed by atoms with van der Waals surface area (Å²) in [4.78, 5) is 0. The third-order valence-corrected chi connectivity index (χ3v) is 4.40. The standard InChI is InChI=1S/C16H23FO3/c1-11-6-5-9-16(10-11,20-3)15(18)12-7-4-8-13(19-2)14(12)17/h4,7-8,11,15,18H,5-6,9-10H2,1-3H3. The maximum absolute atomic E-state index is 14.3. The van der Waals surface area contributed by atoms with Crippen molar-refractivity contribution in [1.82, 2.24) is 0 Å². The van der Waals surface area contributed by atoms with E-state index in [0.29, 0.717) is 5.92 Å². The van der Waals surface area contributed by atoms with Gasteiger partial charge in [0, 0.05) is 12.7 Å². The zero-order valence-electron chi connectivity index (χ0n) is 12.4. The molecule has 3 unspecified atom stereocenters. The van der Waals surface area contributed by atoms with Crippen LogP contribution in [0.4, 0.5) is 4.39 Å². The average Bonchev–Trinajstić information content (AvgIpc) is 2.46. The molecule has 0 spiro atoms. The average molecular weight is 282 g/mol. The van der Waals surface area contributed by atoms with Gasteiger partial charge in [0.1, 0.15) is 6.10 Å². The molecule has 1 aromatic rings. The second kappa shape index (κ2) is 6.10. The van der Waals surface area contributed by atoms with Crippen LogP contribution in [0, 0.1) is 11.7 Å². The van der Waals surface area contributed by atoms with E-state index in [9.17, 15) is 9.50 Å². The number of methoxy groups -OCH3 is 2. The van der Waals surface area contributed by atoms with Crippen LogP contribution in [0.5, 0.6) is 5.75 Å². The Labute approximate surface area is 119 Å². The molecule has 3 nitrogen and oxygen atoms in total. The van der Waals surface area contributed by atoms with Crippen LogP contribution >= 0.6 is 0 Å². The predicted octanol–water partition coefficient (Wildman–Crippen LogP) is 3.46. The Balaban J connectivity index is 2.35. The summed E-state index contributed by atoms with van der Waals surface area (Å²) in [5.74, 6) is 0.112. The van der Waals surface area contributed by atoms with Gasteiger partial charge in [-0.15, -0.1) is 0 Å². The Kier molecular flexibility index (Phi) is 4.66. The van der Waals surface area contributed by atoms with Crippen molar-refractivity contribution in [1.29, 1.82) is 0 Å². The Morgan fingerprint density at radius 1 is 1.40 bits per heavy atom. The van der Waals surface area contributed by atoms with E-state index in [0.717, 1.165) is 25.7 Å². The fourth-order valence-electron chi connectivity index (χ4n) is 3.27. The van der Waals surface area contributed by atoms with E-state index in [1.807, 2.05) is 0 Å². The predicted molar refractivity (Wildman–Crippen MR) is 75.3 cm³/mol. The Morgan fingerprint density at radius 3 is 2.75 bits per heavy atom. The second-order valence-electron chi connectivity index (χ2n) is 5.74. The van der Waals surface area contributed by atoms with Crippen LogP contribution in [0.1, 0.15) is 44.3 Å². The van der Waals surface area contributed by atoms with Crippen LogP contribution < -0.4 is 4.74 Å². The number of aliphatic hydroxyl groups excluding tert-OH is 1. The quantitative estimate of drug-likeness (QED) is 0.919. The van der Waals surface area contributed by atoms with Gasteiger partial charge in [0.2, 0.25) is 0 Å². The van der Waals surface area contributed by atoms with Crippen molar-refractivity contribution in [2.24, 2.45) is 5.92 Å². The lowest BCUT2D eigenvalue weighted by Crippen LogP contribution is -2.43. The summed E-state index contributed by atoms with van der Waals surface area (Å²) in [6, 6.07) is 4.84. The molecule has 1 saturated carbocycles. The molecule has 112 valence electrons. The summed E-state index contributed by atoms with van der Waals surface area (Å²) >= 11 is 0. The van der Waals surface area contributed by atoms with Crippen LogP contribution in [0.2, 0.25) is 0 Å². The van der Waals surface area contributed by atoms with Crippen molar-refractivity contribution in [3.05, 3.63) is 29.6 Å². The Hall–Kier alpha value is -1.13. The van der Waals surface area contributed by atoms with Crippen molar-refractivity contribution in [2.75, 3.05) is 14.2 Å². The highest BCUT2D eigenvalue weighted by Crippen LogP contribution is 2.44. The third kappa shape index (κ3) is 2.67. The minimum Gasteiger partial charge on any atom is -0.494 e. The third-order valence-electron chi connectivity index (χ3n) is 4.40. The summed E-state index contributed by atoms with van der Waals surface area (Å²) in [7, 11) is 3.02. The van der Waals surface area contributed by atoms with Crippen LogP contribution in [0.15, 0.2) is 18.2 Å². The number of benzene rings is 1. The molecule has 1 fully saturated rings. The van der Waals surface area contributed by atoms with Crippen molar-refractivity contribution in [2.45, 2.75) is 44.3 Å². The molecule has 1 aromatic carbocycles. The van der Waals surface area contributed by atoms with E-state index in [1.54, 1.807) is 25.3 Å². The van der Waals surface area contributed by atoms with E-state index >= 15 is 0 Å². The smallest absolute Gasteiger partial charge is 0.170 e. The first-order chi connectivity index (χ1) is 9.54. The summed E-state index contributed by atoms with van der Waals surface area (Å²) in [6.45, 7) is 2.14. The molecule has 0 radical (unpaired) electrons. The molecule has 0 aliphatic heterocycles. The van der Waals surface area contributed by atoms with Crippen LogP contribution in [-0.4, -0.2) is 24.9 Å². The zero-order valence-corrected chi connectivity index (χ0v) is 12.4. The Morgan fingerprint density at radius 2 is 2.15 bits per heavy atom. The molecule has 4 heteroatoms. The molecule has 0 heterocycles. The highest BCUT2D eigenvalue weighted by atomic mass is 19.1. The molecule has 0 bridgehead atoms. The summed E-state index contributed by atoms with van der Waals surface area (Å²) in [6.07, 6.45) is 2.61. The maximum atomic E-state index is 14.3. The van der Waals surface area contributed by atoms with Gasteiger partial charge in [0.25, 0.3) is 0 Å². The second-order valence-corrected chi connectivity index (χ2v) is 5.74. The first-order valence-electron chi connectivity index (χ1n) is 7.09. The van der Waals surface area contributed by atoms with Crippen LogP contribution in [0.25, 0.3) is 0 Å². The zero-order chi connectivity index (χ0) is 14.8. The van der Waals surface area contributed by atoms with Crippen molar-refractivity contribution < 1.29 is 19.0 Å². The van der Waals surface area contributed by atoms with E-state index in [4.69, 9.17) is 9.47 Å². The Bertz CT molecular complexity index is 463. The topological polar surface area (TPSA) is 38.7 Å². The molecule has 1 aliphatic carbocycles. The first kappa shape index (κ1) is 15.3. The largest absolute Gasteiger partial charge is 0.494 e. The SMILES string of the molecule is COc1cccc(C(O)C2(OC)CCCC(C)C2)c1F. The highest BCUT2D eigenvalue weighted by molar-refractivity contribution is 5.33. The lowest BCUT2D eigenvalue weighted by Gasteiger charge is -2.42. The monoisotopic (exact) mass is 282 g/mol. The molecular formula is C16H23FO3. The van der Waals surface area contributed by atoms with E-state index in [1.165, 1.54) is 7.11 Å². The number of halogens is 1. The number of rotatable bonds is 4. The normalized spacial score (nSPS) is 28.1. The van der Waals surface area contributed by atoms with Gasteiger partial charge in [-0.2, -0.15) is 0 Å². The minimum absolute atomic E-state index is 0.150. The fraction of sp³-hybridized carbons (Fsp3) is 0.625. The van der Waals surface area contributed by atoms with Gasteiger partial charge in [-0.1, -0.05) is 31.9 Å². The van der Waals surface area contributed by atoms with Gasteiger partial charge in [0.15, 0.2) is 11.6 Å².